The number of β-lactam (4-membered cyclic amide) rings is 1. The number of hydrogen-bond acceptors (Lipinski definition) is 8. The van der Waals surface area contributed by atoms with Crippen LogP contribution in [0.15, 0.2) is 16.7 Å². The summed E-state index contributed by atoms with van der Waals surface area (Å²) in [4.78, 5) is 52.4. The third kappa shape index (κ3) is 2.55. The summed E-state index contributed by atoms with van der Waals surface area (Å²) in [7, 11) is 0. The summed E-state index contributed by atoms with van der Waals surface area (Å²) < 4.78 is 0. The molecule has 0 spiro atoms. The van der Waals surface area contributed by atoms with Crippen molar-refractivity contribution in [3.05, 3.63) is 22.3 Å². The highest BCUT2D eigenvalue weighted by Crippen LogP contribution is 2.40. The van der Waals surface area contributed by atoms with Gasteiger partial charge in [0.05, 0.1) is 0 Å². The Labute approximate surface area is 143 Å². The van der Waals surface area contributed by atoms with Gasteiger partial charge in [-0.15, -0.1) is 23.1 Å². The van der Waals surface area contributed by atoms with Crippen LogP contribution in [0.1, 0.15) is 17.4 Å². The number of fused-ring (bicyclic) bond motifs is 1. The van der Waals surface area contributed by atoms with E-state index in [0.29, 0.717) is 11.3 Å². The van der Waals surface area contributed by atoms with Gasteiger partial charge in [-0.05, 0) is 12.5 Å². The number of nitrogen functional groups attached to an aromatic ring is 1. The normalized spacial score (nSPS) is 22.7. The molecule has 1 saturated heterocycles. The van der Waals surface area contributed by atoms with E-state index in [1.165, 1.54) is 17.1 Å². The Kier molecular flexibility index (Phi) is 4.05. The molecule has 2 aliphatic heterocycles. The summed E-state index contributed by atoms with van der Waals surface area (Å²) >= 11 is 2.36. The van der Waals surface area contributed by atoms with Crippen LogP contribution in [-0.4, -0.2) is 55.7 Å². The molecule has 2 amide bonds. The fourth-order valence-corrected chi connectivity index (χ4v) is 4.33. The molecule has 2 aliphatic rings. The number of thiazole rings is 1. The first-order valence-corrected chi connectivity index (χ1v) is 8.68. The Hall–Kier alpha value is -2.40. The molecule has 0 aromatic carbocycles. The van der Waals surface area contributed by atoms with Gasteiger partial charge in [-0.25, -0.2) is 9.78 Å². The summed E-state index contributed by atoms with van der Waals surface area (Å²) in [6.45, 7) is 1.64. The third-order valence-electron chi connectivity index (χ3n) is 3.61. The van der Waals surface area contributed by atoms with Gasteiger partial charge in [0.1, 0.15) is 22.8 Å². The molecular formula is C13H12N4O5S2. The van der Waals surface area contributed by atoms with E-state index in [2.05, 4.69) is 10.3 Å². The number of carboxylic acids is 1. The number of Topliss-reactive ketones (excluding diaryl/α,β-unsaturated/α-hetero) is 1. The SMILES string of the molecule is CC1=C(C(=O)O)N2C(=O)C(NC(=O)C(=O)c3csc(N)n3)[C@@H]2SC1. The van der Waals surface area contributed by atoms with Gasteiger partial charge in [-0.3, -0.25) is 19.3 Å². The van der Waals surface area contributed by atoms with Crippen LogP contribution in [0.4, 0.5) is 5.13 Å². The lowest BCUT2D eigenvalue weighted by molar-refractivity contribution is -0.150. The van der Waals surface area contributed by atoms with Gasteiger partial charge in [-0.1, -0.05) is 0 Å². The first-order chi connectivity index (χ1) is 11.3. The number of ketones is 1. The van der Waals surface area contributed by atoms with E-state index in [1.54, 1.807) is 6.92 Å². The Morgan fingerprint density at radius 2 is 2.17 bits per heavy atom. The first-order valence-electron chi connectivity index (χ1n) is 6.75. The van der Waals surface area contributed by atoms with Crippen LogP contribution in [0.25, 0.3) is 0 Å². The molecule has 3 heterocycles. The Bertz CT molecular complexity index is 802. The summed E-state index contributed by atoms with van der Waals surface area (Å²) in [5.74, 6) is -3.17. The zero-order valence-electron chi connectivity index (χ0n) is 12.3. The molecule has 11 heteroatoms. The molecule has 1 fully saturated rings. The number of anilines is 1. The molecule has 3 rings (SSSR count). The minimum absolute atomic E-state index is 0.0622. The van der Waals surface area contributed by atoms with Crippen LogP contribution in [0.5, 0.6) is 0 Å². The zero-order chi connectivity index (χ0) is 17.6. The number of rotatable bonds is 4. The number of aliphatic carboxylic acids is 1. The van der Waals surface area contributed by atoms with Crippen molar-refractivity contribution in [1.82, 2.24) is 15.2 Å². The van der Waals surface area contributed by atoms with Crippen LogP contribution in [0, 0.1) is 0 Å². The predicted octanol–water partition coefficient (Wildman–Crippen LogP) is -0.333. The minimum atomic E-state index is -1.19. The standard InChI is InChI=1S/C13H12N4O5S2/c1-4-2-23-11-6(10(20)17(11)7(4)12(21)22)16-9(19)8(18)5-3-24-13(14)15-5/h3,6,11H,2H2,1H3,(H2,14,15)(H,16,19)(H,21,22)/t6?,11-/m0/s1. The van der Waals surface area contributed by atoms with E-state index in [9.17, 15) is 24.3 Å². The topological polar surface area (TPSA) is 143 Å². The fraction of sp³-hybridized carbons (Fsp3) is 0.308. The van der Waals surface area contributed by atoms with Crippen LogP contribution in [-0.2, 0) is 14.4 Å². The summed E-state index contributed by atoms with van der Waals surface area (Å²) in [6.07, 6.45) is 0. The lowest BCUT2D eigenvalue weighted by atomic mass is 10.0. The van der Waals surface area contributed by atoms with Gasteiger partial charge >= 0.3 is 5.97 Å². The van der Waals surface area contributed by atoms with Crippen molar-refractivity contribution in [2.45, 2.75) is 18.3 Å². The number of aromatic nitrogens is 1. The maximum atomic E-state index is 12.2. The molecule has 1 aromatic rings. The van der Waals surface area contributed by atoms with Gasteiger partial charge in [0.25, 0.3) is 17.6 Å². The van der Waals surface area contributed by atoms with Gasteiger partial charge in [0, 0.05) is 11.1 Å². The molecule has 0 radical (unpaired) electrons. The molecule has 126 valence electrons. The Balaban J connectivity index is 1.72. The second kappa shape index (κ2) is 5.91. The highest BCUT2D eigenvalue weighted by molar-refractivity contribution is 8.00. The number of hydrogen-bond donors (Lipinski definition) is 3. The summed E-state index contributed by atoms with van der Waals surface area (Å²) in [5, 5.41) is 12.6. The Morgan fingerprint density at radius 1 is 1.46 bits per heavy atom. The maximum Gasteiger partial charge on any atom is 0.352 e. The van der Waals surface area contributed by atoms with Gasteiger partial charge in [0.2, 0.25) is 0 Å². The zero-order valence-corrected chi connectivity index (χ0v) is 13.9. The highest BCUT2D eigenvalue weighted by atomic mass is 32.2. The van der Waals surface area contributed by atoms with Crippen LogP contribution < -0.4 is 11.1 Å². The van der Waals surface area contributed by atoms with Crippen LogP contribution in [0.3, 0.4) is 0 Å². The fourth-order valence-electron chi connectivity index (χ4n) is 2.49. The first kappa shape index (κ1) is 16.5. The van der Waals surface area contributed by atoms with Crippen LogP contribution in [0.2, 0.25) is 0 Å². The quantitative estimate of drug-likeness (QED) is 0.372. The average Bonchev–Trinajstić information content (AvgIpc) is 2.97. The average molecular weight is 368 g/mol. The van der Waals surface area contributed by atoms with Crippen molar-refractivity contribution in [3.8, 4) is 0 Å². The molecule has 1 aromatic heterocycles. The van der Waals surface area contributed by atoms with Crippen molar-refractivity contribution >= 4 is 51.8 Å². The second-order valence-electron chi connectivity index (χ2n) is 5.20. The number of carbonyl (C=O) groups excluding carboxylic acids is 3. The van der Waals surface area contributed by atoms with Crippen molar-refractivity contribution in [3.63, 3.8) is 0 Å². The monoisotopic (exact) mass is 368 g/mol. The number of thioether (sulfide) groups is 1. The lowest BCUT2D eigenvalue weighted by Crippen LogP contribution is -2.71. The van der Waals surface area contributed by atoms with Gasteiger partial charge in [0.15, 0.2) is 5.13 Å². The van der Waals surface area contributed by atoms with Crippen molar-refractivity contribution in [1.29, 1.82) is 0 Å². The van der Waals surface area contributed by atoms with Gasteiger partial charge in [-0.2, -0.15) is 0 Å². The van der Waals surface area contributed by atoms with Gasteiger partial charge < -0.3 is 16.2 Å². The van der Waals surface area contributed by atoms with Crippen molar-refractivity contribution in [2.75, 3.05) is 11.5 Å². The number of nitrogens with zero attached hydrogens (tertiary/aromatic N) is 2. The van der Waals surface area contributed by atoms with Crippen LogP contribution >= 0.6 is 23.1 Å². The maximum absolute atomic E-state index is 12.2. The van der Waals surface area contributed by atoms with E-state index >= 15 is 0 Å². The number of carboxylic acid groups (broad SMARTS) is 1. The minimum Gasteiger partial charge on any atom is -0.477 e. The predicted molar refractivity (Wildman–Crippen MR) is 86.2 cm³/mol. The number of nitrogens with two attached hydrogens (primary N) is 1. The highest BCUT2D eigenvalue weighted by Gasteiger charge is 2.54. The number of nitrogens with one attached hydrogen (secondary N) is 1. The molecule has 9 nitrogen and oxygen atoms in total. The van der Waals surface area contributed by atoms with E-state index in [0.717, 1.165) is 16.2 Å². The molecule has 1 unspecified atom stereocenters. The molecule has 2 atom stereocenters. The molecular weight excluding hydrogens is 356 g/mol. The Morgan fingerprint density at radius 3 is 2.75 bits per heavy atom. The van der Waals surface area contributed by atoms with E-state index in [1.807, 2.05) is 0 Å². The molecule has 0 bridgehead atoms. The van der Waals surface area contributed by atoms with E-state index < -0.39 is 35.0 Å². The second-order valence-corrected chi connectivity index (χ2v) is 7.19. The molecule has 24 heavy (non-hydrogen) atoms. The van der Waals surface area contributed by atoms with E-state index in [4.69, 9.17) is 5.73 Å². The third-order valence-corrected chi connectivity index (χ3v) is 5.71. The largest absolute Gasteiger partial charge is 0.477 e. The number of amides is 2. The molecule has 0 saturated carbocycles. The summed E-state index contributed by atoms with van der Waals surface area (Å²) in [6, 6.07) is -0.940. The lowest BCUT2D eigenvalue weighted by Gasteiger charge is -2.49. The van der Waals surface area contributed by atoms with E-state index in [-0.39, 0.29) is 16.5 Å². The van der Waals surface area contributed by atoms with Crippen molar-refractivity contribution < 1.29 is 24.3 Å². The molecule has 0 aliphatic carbocycles. The number of carbonyl (C=O) groups is 4. The smallest absolute Gasteiger partial charge is 0.352 e. The van der Waals surface area contributed by atoms with Crippen molar-refractivity contribution in [2.24, 2.45) is 0 Å². The summed E-state index contributed by atoms with van der Waals surface area (Å²) in [5.41, 5.74) is 5.85. The molecule has 4 N–H and O–H groups in total.